The summed E-state index contributed by atoms with van der Waals surface area (Å²) < 4.78 is 4.80. The van der Waals surface area contributed by atoms with Crippen molar-refractivity contribution < 1.29 is 14.3 Å². The molecule has 0 aromatic heterocycles. The monoisotopic (exact) mass is 313 g/mol. The predicted octanol–water partition coefficient (Wildman–Crippen LogP) is 0.797. The number of hydrogen-bond donors (Lipinski definition) is 3. The fourth-order valence-corrected chi connectivity index (χ4v) is 3.06. The number of amides is 2. The molecule has 6 nitrogen and oxygen atoms in total. The molecule has 1 fully saturated rings. The zero-order valence-corrected chi connectivity index (χ0v) is 14.1. The second-order valence-electron chi connectivity index (χ2n) is 6.47. The van der Waals surface area contributed by atoms with Crippen LogP contribution >= 0.6 is 0 Å². The molecule has 0 spiro atoms. The van der Waals surface area contributed by atoms with Crippen molar-refractivity contribution in [2.45, 2.75) is 58.0 Å². The van der Waals surface area contributed by atoms with Crippen molar-refractivity contribution in [2.75, 3.05) is 20.3 Å². The number of carbonyl (C=O) groups excluding carboxylic acids is 2. The number of ether oxygens (including phenoxy) is 1. The summed E-state index contributed by atoms with van der Waals surface area (Å²) in [7, 11) is 1.46. The molecule has 1 saturated carbocycles. The van der Waals surface area contributed by atoms with Gasteiger partial charge in [-0.2, -0.15) is 0 Å². The van der Waals surface area contributed by atoms with Crippen LogP contribution in [0.4, 0.5) is 0 Å². The molecule has 0 aromatic carbocycles. The molecule has 0 bridgehead atoms. The molecular formula is C16H31N3O3. The largest absolute Gasteiger partial charge is 0.375 e. The van der Waals surface area contributed by atoms with Gasteiger partial charge >= 0.3 is 0 Å². The summed E-state index contributed by atoms with van der Waals surface area (Å²) in [5.41, 5.74) is 5.86. The Labute approximate surface area is 133 Å². The second-order valence-corrected chi connectivity index (χ2v) is 6.47. The van der Waals surface area contributed by atoms with E-state index in [1.807, 2.05) is 13.8 Å². The number of nitrogens with one attached hydrogen (secondary N) is 2. The first-order valence-electron chi connectivity index (χ1n) is 8.28. The maximum Gasteiger partial charge on any atom is 0.246 e. The Kier molecular flexibility index (Phi) is 8.42. The predicted molar refractivity (Wildman–Crippen MR) is 86.2 cm³/mol. The van der Waals surface area contributed by atoms with Crippen LogP contribution in [0, 0.1) is 11.8 Å². The third-order valence-electron chi connectivity index (χ3n) is 4.34. The Bertz CT molecular complexity index is 355. The third-order valence-corrected chi connectivity index (χ3v) is 4.34. The van der Waals surface area contributed by atoms with E-state index in [0.717, 1.165) is 12.8 Å². The van der Waals surface area contributed by atoms with E-state index in [1.165, 1.54) is 26.4 Å². The highest BCUT2D eigenvalue weighted by molar-refractivity contribution is 5.88. The van der Waals surface area contributed by atoms with Crippen molar-refractivity contribution in [3.8, 4) is 0 Å². The minimum atomic E-state index is -0.555. The lowest BCUT2D eigenvalue weighted by Gasteiger charge is -2.32. The summed E-state index contributed by atoms with van der Waals surface area (Å²) in [6.45, 7) is 4.22. The molecule has 0 aromatic rings. The summed E-state index contributed by atoms with van der Waals surface area (Å²) in [6.07, 6.45) is 5.91. The SMILES string of the molecule is COCC(=O)N[C@H](C(=O)NC(CN)C1CCCCC1)C(C)C. The highest BCUT2D eigenvalue weighted by atomic mass is 16.5. The highest BCUT2D eigenvalue weighted by Crippen LogP contribution is 2.26. The van der Waals surface area contributed by atoms with Gasteiger partial charge in [0, 0.05) is 19.7 Å². The first kappa shape index (κ1) is 18.9. The van der Waals surface area contributed by atoms with E-state index in [1.54, 1.807) is 0 Å². The summed E-state index contributed by atoms with van der Waals surface area (Å²) >= 11 is 0. The van der Waals surface area contributed by atoms with Crippen molar-refractivity contribution in [3.63, 3.8) is 0 Å². The average Bonchev–Trinajstić information content (AvgIpc) is 2.51. The summed E-state index contributed by atoms with van der Waals surface area (Å²) in [4.78, 5) is 24.2. The third kappa shape index (κ3) is 5.93. The maximum atomic E-state index is 12.5. The molecule has 2 amide bonds. The number of nitrogens with two attached hydrogens (primary N) is 1. The van der Waals surface area contributed by atoms with Crippen molar-refractivity contribution in [1.82, 2.24) is 10.6 Å². The fraction of sp³-hybridized carbons (Fsp3) is 0.875. The standard InChI is InChI=1S/C16H31N3O3/c1-11(2)15(19-14(20)10-22-3)16(21)18-13(9-17)12-7-5-4-6-8-12/h11-13,15H,4-10,17H2,1-3H3,(H,18,21)(H,19,20)/t13?,15-/m0/s1. The Morgan fingerprint density at radius 1 is 1.18 bits per heavy atom. The van der Waals surface area contributed by atoms with E-state index >= 15 is 0 Å². The number of methoxy groups -OCH3 is 1. The van der Waals surface area contributed by atoms with E-state index in [4.69, 9.17) is 10.5 Å². The van der Waals surface area contributed by atoms with Crippen molar-refractivity contribution in [1.29, 1.82) is 0 Å². The molecule has 4 N–H and O–H groups in total. The number of rotatable bonds is 8. The highest BCUT2D eigenvalue weighted by Gasteiger charge is 2.29. The van der Waals surface area contributed by atoms with Crippen LogP contribution in [0.15, 0.2) is 0 Å². The molecule has 0 heterocycles. The fourth-order valence-electron chi connectivity index (χ4n) is 3.06. The van der Waals surface area contributed by atoms with Crippen LogP contribution in [0.25, 0.3) is 0 Å². The molecule has 0 saturated heterocycles. The van der Waals surface area contributed by atoms with Gasteiger partial charge < -0.3 is 21.1 Å². The molecule has 0 aliphatic heterocycles. The van der Waals surface area contributed by atoms with Crippen LogP contribution in [0.3, 0.4) is 0 Å². The zero-order chi connectivity index (χ0) is 16.5. The van der Waals surface area contributed by atoms with Crippen LogP contribution in [-0.2, 0) is 14.3 Å². The quantitative estimate of drug-likeness (QED) is 0.618. The smallest absolute Gasteiger partial charge is 0.246 e. The van der Waals surface area contributed by atoms with Gasteiger partial charge in [-0.3, -0.25) is 9.59 Å². The molecule has 1 aliphatic carbocycles. The minimum Gasteiger partial charge on any atom is -0.375 e. The molecule has 1 rings (SSSR count). The Balaban J connectivity index is 2.61. The summed E-state index contributed by atoms with van der Waals surface area (Å²) in [5, 5.41) is 5.78. The first-order valence-corrected chi connectivity index (χ1v) is 8.28. The van der Waals surface area contributed by atoms with Crippen LogP contribution in [0.1, 0.15) is 46.0 Å². The van der Waals surface area contributed by atoms with Gasteiger partial charge in [-0.25, -0.2) is 0 Å². The van der Waals surface area contributed by atoms with Crippen LogP contribution in [-0.4, -0.2) is 44.2 Å². The van der Waals surface area contributed by atoms with E-state index < -0.39 is 6.04 Å². The molecule has 1 aliphatic rings. The molecule has 6 heteroatoms. The second kappa shape index (κ2) is 9.79. The topological polar surface area (TPSA) is 93.4 Å². The van der Waals surface area contributed by atoms with Crippen molar-refractivity contribution in [3.05, 3.63) is 0 Å². The summed E-state index contributed by atoms with van der Waals surface area (Å²) in [5.74, 6) is 0.0227. The molecular weight excluding hydrogens is 282 g/mol. The van der Waals surface area contributed by atoms with E-state index in [2.05, 4.69) is 10.6 Å². The van der Waals surface area contributed by atoms with E-state index in [9.17, 15) is 9.59 Å². The van der Waals surface area contributed by atoms with Gasteiger partial charge in [-0.15, -0.1) is 0 Å². The lowest BCUT2D eigenvalue weighted by atomic mass is 9.83. The van der Waals surface area contributed by atoms with Crippen LogP contribution < -0.4 is 16.4 Å². The summed E-state index contributed by atoms with van der Waals surface area (Å²) in [6, 6.07) is -0.561. The first-order chi connectivity index (χ1) is 10.5. The van der Waals surface area contributed by atoms with Crippen LogP contribution in [0.5, 0.6) is 0 Å². The van der Waals surface area contributed by atoms with Gasteiger partial charge in [0.15, 0.2) is 0 Å². The average molecular weight is 313 g/mol. The number of carbonyl (C=O) groups is 2. The van der Waals surface area contributed by atoms with Gasteiger partial charge in [-0.05, 0) is 24.7 Å². The zero-order valence-electron chi connectivity index (χ0n) is 14.1. The number of hydrogen-bond acceptors (Lipinski definition) is 4. The van der Waals surface area contributed by atoms with Crippen LogP contribution in [0.2, 0.25) is 0 Å². The molecule has 2 atom stereocenters. The normalized spacial score (nSPS) is 18.8. The van der Waals surface area contributed by atoms with Gasteiger partial charge in [0.25, 0.3) is 0 Å². The molecule has 1 unspecified atom stereocenters. The Hall–Kier alpha value is -1.14. The Morgan fingerprint density at radius 2 is 1.82 bits per heavy atom. The van der Waals surface area contributed by atoms with E-state index in [-0.39, 0.29) is 30.4 Å². The van der Waals surface area contributed by atoms with Gasteiger partial charge in [0.2, 0.25) is 11.8 Å². The van der Waals surface area contributed by atoms with E-state index in [0.29, 0.717) is 12.5 Å². The molecule has 0 radical (unpaired) electrons. The van der Waals surface area contributed by atoms with Gasteiger partial charge in [0.1, 0.15) is 12.6 Å². The van der Waals surface area contributed by atoms with Gasteiger partial charge in [-0.1, -0.05) is 33.1 Å². The molecule has 128 valence electrons. The van der Waals surface area contributed by atoms with Crippen molar-refractivity contribution in [2.24, 2.45) is 17.6 Å². The lowest BCUT2D eigenvalue weighted by Crippen LogP contribution is -2.55. The maximum absolute atomic E-state index is 12.5. The Morgan fingerprint density at radius 3 is 2.32 bits per heavy atom. The molecule has 22 heavy (non-hydrogen) atoms. The van der Waals surface area contributed by atoms with Crippen molar-refractivity contribution >= 4 is 11.8 Å². The minimum absolute atomic E-state index is 0.00517. The van der Waals surface area contributed by atoms with Gasteiger partial charge in [0.05, 0.1) is 0 Å². The lowest BCUT2D eigenvalue weighted by molar-refractivity contribution is -0.132.